The normalized spacial score (nSPS) is 13.1. The molecule has 0 amide bonds. The van der Waals surface area contributed by atoms with Crippen LogP contribution in [0.2, 0.25) is 0 Å². The van der Waals surface area contributed by atoms with E-state index in [0.29, 0.717) is 18.0 Å². The Morgan fingerprint density at radius 3 is 2.25 bits per heavy atom. The zero-order valence-corrected chi connectivity index (χ0v) is 13.3. The Hall–Kier alpha value is -1.16. The van der Waals surface area contributed by atoms with Crippen molar-refractivity contribution in [3.8, 4) is 0 Å². The standard InChI is InChI=1S/C8H13F.C8H17NO2/c1-4-5-7(2)8(3)6-9;1-6(2)4-7(5-9-3)8(10)11/h4,7H,1,3,5-6H2,2H3;6-7,9H,4-5H2,1-3H3,(H,10,11). The Bertz CT molecular complexity index is 290. The van der Waals surface area contributed by atoms with Gasteiger partial charge in [-0.15, -0.1) is 6.58 Å². The lowest BCUT2D eigenvalue weighted by Gasteiger charge is -2.13. The van der Waals surface area contributed by atoms with Gasteiger partial charge in [-0.3, -0.25) is 4.79 Å². The maximum absolute atomic E-state index is 11.8. The van der Waals surface area contributed by atoms with Crippen LogP contribution in [0.15, 0.2) is 24.8 Å². The summed E-state index contributed by atoms with van der Waals surface area (Å²) in [4.78, 5) is 10.6. The van der Waals surface area contributed by atoms with E-state index >= 15 is 0 Å². The van der Waals surface area contributed by atoms with E-state index in [1.807, 2.05) is 20.8 Å². The van der Waals surface area contributed by atoms with Crippen molar-refractivity contribution in [3.05, 3.63) is 24.8 Å². The average Bonchev–Trinajstić information content (AvgIpc) is 2.37. The first-order valence-corrected chi connectivity index (χ1v) is 7.01. The van der Waals surface area contributed by atoms with Crippen molar-refractivity contribution in [3.63, 3.8) is 0 Å². The molecule has 0 rings (SSSR count). The Morgan fingerprint density at radius 2 is 1.95 bits per heavy atom. The molecule has 0 aliphatic carbocycles. The lowest BCUT2D eigenvalue weighted by atomic mass is 9.97. The second-order valence-corrected chi connectivity index (χ2v) is 5.44. The van der Waals surface area contributed by atoms with Crippen LogP contribution >= 0.6 is 0 Å². The minimum absolute atomic E-state index is 0.236. The van der Waals surface area contributed by atoms with Gasteiger partial charge in [0.15, 0.2) is 0 Å². The Morgan fingerprint density at radius 1 is 1.40 bits per heavy atom. The van der Waals surface area contributed by atoms with Crippen LogP contribution in [0.5, 0.6) is 0 Å². The molecule has 0 spiro atoms. The van der Waals surface area contributed by atoms with Gasteiger partial charge in [-0.1, -0.05) is 33.4 Å². The summed E-state index contributed by atoms with van der Waals surface area (Å²) in [6.45, 7) is 13.3. The average molecular weight is 287 g/mol. The minimum Gasteiger partial charge on any atom is -0.481 e. The van der Waals surface area contributed by atoms with E-state index in [2.05, 4.69) is 18.5 Å². The number of carboxylic acids is 1. The fourth-order valence-corrected chi connectivity index (χ4v) is 1.64. The van der Waals surface area contributed by atoms with Gasteiger partial charge in [0.2, 0.25) is 0 Å². The topological polar surface area (TPSA) is 49.3 Å². The number of carboxylic acid groups (broad SMARTS) is 1. The van der Waals surface area contributed by atoms with Crippen molar-refractivity contribution in [2.45, 2.75) is 33.6 Å². The second-order valence-electron chi connectivity index (χ2n) is 5.44. The fourth-order valence-electron chi connectivity index (χ4n) is 1.64. The third-order valence-electron chi connectivity index (χ3n) is 2.94. The summed E-state index contributed by atoms with van der Waals surface area (Å²) in [6, 6.07) is 0. The molecule has 0 aromatic rings. The number of aliphatic carboxylic acids is 1. The molecule has 0 heterocycles. The van der Waals surface area contributed by atoms with Crippen LogP contribution in [0.1, 0.15) is 33.6 Å². The van der Waals surface area contributed by atoms with Crippen molar-refractivity contribution in [1.29, 1.82) is 0 Å². The van der Waals surface area contributed by atoms with Gasteiger partial charge in [0, 0.05) is 6.54 Å². The molecule has 0 saturated heterocycles. The molecular formula is C16H30FNO2. The van der Waals surface area contributed by atoms with Crippen LogP contribution in [0.25, 0.3) is 0 Å². The maximum atomic E-state index is 11.8. The Labute approximate surface area is 123 Å². The molecule has 0 aliphatic heterocycles. The first kappa shape index (κ1) is 21.1. The number of alkyl halides is 1. The smallest absolute Gasteiger partial charge is 0.307 e. The van der Waals surface area contributed by atoms with E-state index in [4.69, 9.17) is 5.11 Å². The van der Waals surface area contributed by atoms with Gasteiger partial charge in [0.25, 0.3) is 0 Å². The number of halogens is 1. The van der Waals surface area contributed by atoms with Gasteiger partial charge in [-0.05, 0) is 37.3 Å². The van der Waals surface area contributed by atoms with Gasteiger partial charge < -0.3 is 10.4 Å². The van der Waals surface area contributed by atoms with E-state index in [9.17, 15) is 9.18 Å². The Balaban J connectivity index is 0. The van der Waals surface area contributed by atoms with Crippen molar-refractivity contribution >= 4 is 5.97 Å². The predicted octanol–water partition coefficient (Wildman–Crippen LogP) is 3.68. The molecule has 0 aromatic heterocycles. The van der Waals surface area contributed by atoms with Gasteiger partial charge in [-0.2, -0.15) is 0 Å². The number of allylic oxidation sites excluding steroid dienone is 2. The highest BCUT2D eigenvalue weighted by Crippen LogP contribution is 2.12. The van der Waals surface area contributed by atoms with E-state index in [1.54, 1.807) is 13.1 Å². The first-order chi connectivity index (χ1) is 9.29. The highest BCUT2D eigenvalue weighted by molar-refractivity contribution is 5.70. The van der Waals surface area contributed by atoms with Crippen LogP contribution in [0.3, 0.4) is 0 Å². The molecule has 0 aromatic carbocycles. The fraction of sp³-hybridized carbons (Fsp3) is 0.688. The van der Waals surface area contributed by atoms with E-state index < -0.39 is 12.6 Å². The minimum atomic E-state index is -0.701. The quantitative estimate of drug-likeness (QED) is 0.636. The number of hydrogen-bond acceptors (Lipinski definition) is 2. The van der Waals surface area contributed by atoms with Gasteiger partial charge in [0.05, 0.1) is 5.92 Å². The largest absolute Gasteiger partial charge is 0.481 e. The van der Waals surface area contributed by atoms with Crippen molar-refractivity contribution in [1.82, 2.24) is 5.32 Å². The number of rotatable bonds is 9. The zero-order valence-electron chi connectivity index (χ0n) is 13.3. The summed E-state index contributed by atoms with van der Waals surface area (Å²) in [5.41, 5.74) is 0.662. The van der Waals surface area contributed by atoms with Crippen molar-refractivity contribution in [2.75, 3.05) is 20.3 Å². The molecular weight excluding hydrogens is 257 g/mol. The molecule has 0 fully saturated rings. The van der Waals surface area contributed by atoms with Gasteiger partial charge in [-0.25, -0.2) is 4.39 Å². The molecule has 2 N–H and O–H groups in total. The third kappa shape index (κ3) is 11.9. The van der Waals surface area contributed by atoms with Crippen LogP contribution in [-0.2, 0) is 4.79 Å². The summed E-state index contributed by atoms with van der Waals surface area (Å²) in [5.74, 6) is -0.245. The number of carbonyl (C=O) groups is 1. The molecule has 20 heavy (non-hydrogen) atoms. The predicted molar refractivity (Wildman–Crippen MR) is 83.6 cm³/mol. The summed E-state index contributed by atoms with van der Waals surface area (Å²) >= 11 is 0. The van der Waals surface area contributed by atoms with Crippen molar-refractivity contribution < 1.29 is 14.3 Å². The lowest BCUT2D eigenvalue weighted by Crippen LogP contribution is -2.27. The van der Waals surface area contributed by atoms with Gasteiger partial charge in [0.1, 0.15) is 6.67 Å². The summed E-state index contributed by atoms with van der Waals surface area (Å²) in [6.07, 6.45) is 3.35. The highest BCUT2D eigenvalue weighted by Gasteiger charge is 2.17. The molecule has 2 atom stereocenters. The summed E-state index contributed by atoms with van der Waals surface area (Å²) in [7, 11) is 1.77. The van der Waals surface area contributed by atoms with Gasteiger partial charge >= 0.3 is 5.97 Å². The lowest BCUT2D eigenvalue weighted by molar-refractivity contribution is -0.142. The SMILES string of the molecule is C=CCC(C)C(=C)CF.CNCC(CC(C)C)C(=O)O. The van der Waals surface area contributed by atoms with Crippen LogP contribution in [-0.4, -0.2) is 31.3 Å². The van der Waals surface area contributed by atoms with E-state index in [-0.39, 0.29) is 11.8 Å². The monoisotopic (exact) mass is 287 g/mol. The molecule has 0 radical (unpaired) electrons. The second kappa shape index (κ2) is 12.9. The molecule has 0 saturated carbocycles. The van der Waals surface area contributed by atoms with Crippen LogP contribution in [0.4, 0.5) is 4.39 Å². The maximum Gasteiger partial charge on any atom is 0.307 e. The molecule has 0 aliphatic rings. The summed E-state index contributed by atoms with van der Waals surface area (Å²) < 4.78 is 11.8. The first-order valence-electron chi connectivity index (χ1n) is 7.01. The summed E-state index contributed by atoms with van der Waals surface area (Å²) in [5, 5.41) is 11.6. The molecule has 4 heteroatoms. The molecule has 118 valence electrons. The zero-order chi connectivity index (χ0) is 16.1. The van der Waals surface area contributed by atoms with Crippen LogP contribution < -0.4 is 5.32 Å². The van der Waals surface area contributed by atoms with Crippen molar-refractivity contribution in [2.24, 2.45) is 17.8 Å². The number of nitrogens with one attached hydrogen (secondary N) is 1. The number of hydrogen-bond donors (Lipinski definition) is 2. The Kier molecular flexibility index (Phi) is 13.6. The van der Waals surface area contributed by atoms with E-state index in [0.717, 1.165) is 12.8 Å². The highest BCUT2D eigenvalue weighted by atomic mass is 19.1. The molecule has 0 bridgehead atoms. The molecule has 3 nitrogen and oxygen atoms in total. The molecule has 2 unspecified atom stereocenters. The van der Waals surface area contributed by atoms with Crippen LogP contribution in [0, 0.1) is 17.8 Å². The third-order valence-corrected chi connectivity index (χ3v) is 2.94. The van der Waals surface area contributed by atoms with E-state index in [1.165, 1.54) is 0 Å².